The van der Waals surface area contributed by atoms with Gasteiger partial charge in [-0.15, -0.1) is 0 Å². The Morgan fingerprint density at radius 2 is 2.07 bits per heavy atom. The number of H-pyrrole nitrogens is 1. The molecule has 2 rings (SSSR count). The van der Waals surface area contributed by atoms with Gasteiger partial charge in [0.1, 0.15) is 0 Å². The Morgan fingerprint density at radius 3 is 2.73 bits per heavy atom. The normalized spacial score (nSPS) is 10.3. The SMILES string of the molecule is COc1c(OC(C)=O)[nH]c2ccccc12. The lowest BCUT2D eigenvalue weighted by molar-refractivity contribution is -0.132. The van der Waals surface area contributed by atoms with E-state index in [2.05, 4.69) is 4.98 Å². The summed E-state index contributed by atoms with van der Waals surface area (Å²) in [4.78, 5) is 13.8. The van der Waals surface area contributed by atoms with E-state index < -0.39 is 0 Å². The van der Waals surface area contributed by atoms with Gasteiger partial charge in [0.05, 0.1) is 12.6 Å². The third-order valence-electron chi connectivity index (χ3n) is 2.08. The zero-order valence-electron chi connectivity index (χ0n) is 8.53. The molecule has 0 amide bonds. The summed E-state index contributed by atoms with van der Waals surface area (Å²) in [7, 11) is 1.54. The van der Waals surface area contributed by atoms with E-state index in [1.165, 1.54) is 6.92 Å². The molecule has 0 aliphatic heterocycles. The highest BCUT2D eigenvalue weighted by molar-refractivity contribution is 5.90. The molecule has 0 radical (unpaired) electrons. The summed E-state index contributed by atoms with van der Waals surface area (Å²) in [5.41, 5.74) is 0.880. The molecule has 1 aromatic carbocycles. The number of ether oxygens (including phenoxy) is 2. The maximum atomic E-state index is 10.9. The zero-order chi connectivity index (χ0) is 10.8. The van der Waals surface area contributed by atoms with Crippen LogP contribution >= 0.6 is 0 Å². The van der Waals surface area contributed by atoms with Gasteiger partial charge in [-0.3, -0.25) is 4.79 Å². The van der Waals surface area contributed by atoms with E-state index in [4.69, 9.17) is 9.47 Å². The molecule has 0 saturated carbocycles. The molecule has 0 saturated heterocycles. The first-order chi connectivity index (χ1) is 7.22. The predicted octanol–water partition coefficient (Wildman–Crippen LogP) is 2.10. The van der Waals surface area contributed by atoms with Crippen LogP contribution in [0, 0.1) is 0 Å². The lowest BCUT2D eigenvalue weighted by Crippen LogP contribution is -2.02. The number of carbonyl (C=O) groups excluding carboxylic acids is 1. The third-order valence-corrected chi connectivity index (χ3v) is 2.08. The van der Waals surface area contributed by atoms with Crippen molar-refractivity contribution < 1.29 is 14.3 Å². The van der Waals surface area contributed by atoms with E-state index >= 15 is 0 Å². The average molecular weight is 205 g/mol. The summed E-state index contributed by atoms with van der Waals surface area (Å²) < 4.78 is 10.2. The summed E-state index contributed by atoms with van der Waals surface area (Å²) in [5.74, 6) is 0.534. The monoisotopic (exact) mass is 205 g/mol. The first-order valence-corrected chi connectivity index (χ1v) is 4.55. The summed E-state index contributed by atoms with van der Waals surface area (Å²) in [6, 6.07) is 7.59. The van der Waals surface area contributed by atoms with E-state index in [0.717, 1.165) is 10.9 Å². The van der Waals surface area contributed by atoms with Gasteiger partial charge in [0.25, 0.3) is 0 Å². The lowest BCUT2D eigenvalue weighted by Gasteiger charge is -2.01. The fourth-order valence-electron chi connectivity index (χ4n) is 1.51. The van der Waals surface area contributed by atoms with E-state index in [9.17, 15) is 4.79 Å². The maximum Gasteiger partial charge on any atom is 0.309 e. The van der Waals surface area contributed by atoms with Crippen molar-refractivity contribution in [1.29, 1.82) is 0 Å². The van der Waals surface area contributed by atoms with Crippen LogP contribution in [0.3, 0.4) is 0 Å². The quantitative estimate of drug-likeness (QED) is 0.764. The van der Waals surface area contributed by atoms with Gasteiger partial charge >= 0.3 is 5.97 Å². The number of benzene rings is 1. The molecule has 15 heavy (non-hydrogen) atoms. The van der Waals surface area contributed by atoms with Gasteiger partial charge in [0, 0.05) is 12.3 Å². The van der Waals surface area contributed by atoms with Gasteiger partial charge in [0.2, 0.25) is 5.88 Å². The number of fused-ring (bicyclic) bond motifs is 1. The molecule has 1 N–H and O–H groups in total. The topological polar surface area (TPSA) is 51.3 Å². The van der Waals surface area contributed by atoms with Gasteiger partial charge in [-0.2, -0.15) is 0 Å². The van der Waals surface area contributed by atoms with Crippen molar-refractivity contribution in [2.75, 3.05) is 7.11 Å². The minimum Gasteiger partial charge on any atom is -0.491 e. The van der Waals surface area contributed by atoms with Gasteiger partial charge in [-0.05, 0) is 12.1 Å². The van der Waals surface area contributed by atoms with Crippen LogP contribution in [-0.2, 0) is 4.79 Å². The van der Waals surface area contributed by atoms with Crippen molar-refractivity contribution in [3.63, 3.8) is 0 Å². The van der Waals surface area contributed by atoms with E-state index in [1.54, 1.807) is 7.11 Å². The van der Waals surface area contributed by atoms with Crippen molar-refractivity contribution in [2.24, 2.45) is 0 Å². The van der Waals surface area contributed by atoms with Crippen molar-refractivity contribution >= 4 is 16.9 Å². The van der Waals surface area contributed by atoms with E-state index in [1.807, 2.05) is 24.3 Å². The average Bonchev–Trinajstić information content (AvgIpc) is 2.53. The fourth-order valence-corrected chi connectivity index (χ4v) is 1.51. The Bertz CT molecular complexity index is 502. The molecule has 1 aromatic heterocycles. The molecular formula is C11H11NO3. The molecule has 78 valence electrons. The number of para-hydroxylation sites is 1. The summed E-state index contributed by atoms with van der Waals surface area (Å²) in [6.07, 6.45) is 0. The second-order valence-corrected chi connectivity index (χ2v) is 3.13. The largest absolute Gasteiger partial charge is 0.491 e. The van der Waals surface area contributed by atoms with Crippen LogP contribution in [0.25, 0.3) is 10.9 Å². The Morgan fingerprint density at radius 1 is 1.33 bits per heavy atom. The number of hydrogen-bond donors (Lipinski definition) is 1. The van der Waals surface area contributed by atoms with E-state index in [0.29, 0.717) is 11.6 Å². The van der Waals surface area contributed by atoms with Crippen LogP contribution in [0.15, 0.2) is 24.3 Å². The Kier molecular flexibility index (Phi) is 2.33. The standard InChI is InChI=1S/C11H11NO3/c1-7(13)15-11-10(14-2)8-5-3-4-6-9(8)12-11/h3-6,12H,1-2H3. The Labute approximate surface area is 86.8 Å². The van der Waals surface area contributed by atoms with Gasteiger partial charge in [-0.1, -0.05) is 12.1 Å². The molecule has 0 aliphatic rings. The minimum absolute atomic E-state index is 0.353. The van der Waals surface area contributed by atoms with Crippen molar-refractivity contribution in [1.82, 2.24) is 4.98 Å². The molecule has 4 heteroatoms. The van der Waals surface area contributed by atoms with Crippen LogP contribution < -0.4 is 9.47 Å². The highest BCUT2D eigenvalue weighted by Crippen LogP contribution is 2.35. The highest BCUT2D eigenvalue weighted by atomic mass is 16.6. The number of aromatic amines is 1. The van der Waals surface area contributed by atoms with Crippen molar-refractivity contribution in [2.45, 2.75) is 6.92 Å². The Balaban J connectivity index is 2.58. The second kappa shape index (κ2) is 3.65. The van der Waals surface area contributed by atoms with Crippen LogP contribution in [0.5, 0.6) is 11.6 Å². The van der Waals surface area contributed by atoms with Crippen molar-refractivity contribution in [3.8, 4) is 11.6 Å². The predicted molar refractivity (Wildman–Crippen MR) is 56.2 cm³/mol. The lowest BCUT2D eigenvalue weighted by atomic mass is 10.2. The van der Waals surface area contributed by atoms with Crippen LogP contribution in [0.4, 0.5) is 0 Å². The summed E-state index contributed by atoms with van der Waals surface area (Å²) in [5, 5.41) is 0.899. The molecule has 2 aromatic rings. The van der Waals surface area contributed by atoms with Crippen LogP contribution in [-0.4, -0.2) is 18.1 Å². The van der Waals surface area contributed by atoms with Gasteiger partial charge in [-0.25, -0.2) is 0 Å². The molecule has 0 bridgehead atoms. The second-order valence-electron chi connectivity index (χ2n) is 3.13. The summed E-state index contributed by atoms with van der Waals surface area (Å²) >= 11 is 0. The highest BCUT2D eigenvalue weighted by Gasteiger charge is 2.13. The number of rotatable bonds is 2. The molecule has 0 spiro atoms. The van der Waals surface area contributed by atoms with Crippen LogP contribution in [0.1, 0.15) is 6.92 Å². The number of aromatic nitrogens is 1. The molecular weight excluding hydrogens is 194 g/mol. The first kappa shape index (κ1) is 9.58. The molecule has 1 heterocycles. The maximum absolute atomic E-state index is 10.9. The first-order valence-electron chi connectivity index (χ1n) is 4.55. The number of esters is 1. The number of hydrogen-bond acceptors (Lipinski definition) is 3. The number of carbonyl (C=O) groups is 1. The van der Waals surface area contributed by atoms with E-state index in [-0.39, 0.29) is 5.97 Å². The molecule has 0 atom stereocenters. The molecule has 0 unspecified atom stereocenters. The summed E-state index contributed by atoms with van der Waals surface area (Å²) in [6.45, 7) is 1.35. The van der Waals surface area contributed by atoms with Crippen molar-refractivity contribution in [3.05, 3.63) is 24.3 Å². The molecule has 4 nitrogen and oxygen atoms in total. The molecule has 0 aliphatic carbocycles. The number of methoxy groups -OCH3 is 1. The smallest absolute Gasteiger partial charge is 0.309 e. The van der Waals surface area contributed by atoms with Crippen LogP contribution in [0.2, 0.25) is 0 Å². The minimum atomic E-state index is -0.375. The van der Waals surface area contributed by atoms with Gasteiger partial charge in [0.15, 0.2) is 5.75 Å². The zero-order valence-corrected chi connectivity index (χ0v) is 8.53. The number of nitrogens with one attached hydrogen (secondary N) is 1. The fraction of sp³-hybridized carbons (Fsp3) is 0.182. The third kappa shape index (κ3) is 1.66. The Hall–Kier alpha value is -1.97. The molecule has 0 fully saturated rings. The van der Waals surface area contributed by atoms with Gasteiger partial charge < -0.3 is 14.5 Å².